The molecule has 3 aliphatic rings. The summed E-state index contributed by atoms with van der Waals surface area (Å²) in [6.07, 6.45) is 0. The third-order valence-corrected chi connectivity index (χ3v) is 29.7. The minimum absolute atomic E-state index is 0.603. The second-order valence-electron chi connectivity index (χ2n) is 34.8. The minimum atomic E-state index is 0.603. The van der Waals surface area contributed by atoms with Crippen molar-refractivity contribution in [3.05, 3.63) is 491 Å². The van der Waals surface area contributed by atoms with Gasteiger partial charge in [-0.3, -0.25) is 0 Å². The molecule has 0 fully saturated rings. The second-order valence-corrected chi connectivity index (χ2v) is 38.2. The lowest BCUT2D eigenvalue weighted by atomic mass is 9.91. The number of para-hydroxylation sites is 2. The zero-order chi connectivity index (χ0) is 91.0. The van der Waals surface area contributed by atoms with Gasteiger partial charge in [-0.1, -0.05) is 396 Å². The summed E-state index contributed by atoms with van der Waals surface area (Å²) in [5.74, 6) is 0.603. The van der Waals surface area contributed by atoms with Crippen LogP contribution in [-0.4, -0.2) is 12.7 Å². The van der Waals surface area contributed by atoms with Crippen molar-refractivity contribution in [1.29, 1.82) is 0 Å². The summed E-state index contributed by atoms with van der Waals surface area (Å²) in [5, 5.41) is 44.6. The number of anilines is 3. The molecule has 3 nitrogen and oxygen atoms in total. The normalized spacial score (nSPS) is 11.6. The van der Waals surface area contributed by atoms with E-state index in [-0.39, 0.29) is 0 Å². The van der Waals surface area contributed by atoms with E-state index in [4.69, 9.17) is 9.68 Å². The molecule has 8 heteroatoms. The van der Waals surface area contributed by atoms with E-state index in [0.717, 1.165) is 35.6 Å². The molecule has 136 heavy (non-hydrogen) atoms. The van der Waals surface area contributed by atoms with Gasteiger partial charge >= 0.3 is 7.69 Å². The Morgan fingerprint density at radius 3 is 0.971 bits per heavy atom. The van der Waals surface area contributed by atoms with Gasteiger partial charge in [0, 0.05) is 41.0 Å². The quantitative estimate of drug-likeness (QED) is 0.133. The highest BCUT2D eigenvalue weighted by Crippen LogP contribution is 2.59. The molecule has 0 aromatic heterocycles. The van der Waals surface area contributed by atoms with E-state index in [1.165, 1.54) is 228 Å². The molecule has 0 unspecified atom stereocenters. The Morgan fingerprint density at radius 1 is 0.191 bits per heavy atom. The molecule has 29 rings (SSSR count). The van der Waals surface area contributed by atoms with E-state index >= 15 is 0 Å². The van der Waals surface area contributed by atoms with Crippen LogP contribution >= 0.6 is 63.7 Å². The van der Waals surface area contributed by atoms with Gasteiger partial charge in [0.05, 0.1) is 10.2 Å². The first kappa shape index (κ1) is 83.9. The number of hydrogen-bond acceptors (Lipinski definition) is 3. The maximum Gasteiger partial charge on any atom is 0.569 e. The second kappa shape index (κ2) is 35.7. The van der Waals surface area contributed by atoms with Crippen LogP contribution < -0.4 is 9.55 Å². The third kappa shape index (κ3) is 15.0. The summed E-state index contributed by atoms with van der Waals surface area (Å²) in [4.78, 5) is 2.42. The number of benzene rings is 26. The van der Waals surface area contributed by atoms with Crippen molar-refractivity contribution in [3.63, 3.8) is 0 Å². The van der Waals surface area contributed by atoms with Gasteiger partial charge in [-0.05, 0) is 354 Å². The first-order chi connectivity index (χ1) is 67.1. The highest BCUT2D eigenvalue weighted by Gasteiger charge is 2.31. The van der Waals surface area contributed by atoms with Crippen LogP contribution in [0.4, 0.5) is 17.1 Å². The molecule has 0 spiro atoms. The third-order valence-electron chi connectivity index (χ3n) is 27.0. The van der Waals surface area contributed by atoms with Crippen LogP contribution in [-0.2, 0) is 0 Å². The van der Waals surface area contributed by atoms with Crippen LogP contribution in [0.1, 0.15) is 0 Å². The SMILES string of the molecule is Brc1c2ccccc2c2c3c(cccc13)-c1cc3ccccc3cc1-2.Brc1cc2ccccc2cc1-c1c2ccccc2cc2ccccc12.Brc1ccc2ccccc2c1.O[B]Oc1cc2ccccc2cc1Br.c1ccc(N(c2ccccc2)c2c3ccccc3c3c4c(cccc24)-c2cc4ccccc4cc2-3)cc1.c1ccc2cc3c(cc2c1)-c1cccc2cc4ccccc4c-3c12. The molecule has 639 valence electrons. The van der Waals surface area contributed by atoms with E-state index < -0.39 is 0 Å². The van der Waals surface area contributed by atoms with Crippen LogP contribution in [0.25, 0.3) is 229 Å². The fourth-order valence-corrected chi connectivity index (χ4v) is 23.1. The average molecular weight is 1990 g/mol. The highest BCUT2D eigenvalue weighted by molar-refractivity contribution is 9.11. The van der Waals surface area contributed by atoms with Gasteiger partial charge in [-0.15, -0.1) is 0 Å². The maximum atomic E-state index is 8.55. The zero-order valence-corrected chi connectivity index (χ0v) is 79.8. The van der Waals surface area contributed by atoms with Crippen molar-refractivity contribution in [2.75, 3.05) is 4.90 Å². The van der Waals surface area contributed by atoms with Gasteiger partial charge in [0.15, 0.2) is 0 Å². The monoisotopic (exact) mass is 1990 g/mol. The van der Waals surface area contributed by atoms with Gasteiger partial charge in [0.1, 0.15) is 5.75 Å². The molecular formula is C128H79BBr4NO2. The van der Waals surface area contributed by atoms with E-state index in [1.807, 2.05) is 36.4 Å². The van der Waals surface area contributed by atoms with Crippen LogP contribution in [0.2, 0.25) is 0 Å². The largest absolute Gasteiger partial charge is 0.569 e. The Bertz CT molecular complexity index is 9250. The van der Waals surface area contributed by atoms with E-state index in [2.05, 4.69) is 505 Å². The van der Waals surface area contributed by atoms with Crippen molar-refractivity contribution >= 4 is 239 Å². The Labute approximate surface area is 821 Å². The lowest BCUT2D eigenvalue weighted by Crippen LogP contribution is -2.11. The molecule has 0 aliphatic heterocycles. The molecule has 0 heterocycles. The number of hydrogen-bond donors (Lipinski definition) is 1. The average Bonchev–Trinajstić information content (AvgIpc) is 1.52. The number of nitrogens with zero attached hydrogens (tertiary/aromatic N) is 1. The first-order valence-electron chi connectivity index (χ1n) is 45.7. The van der Waals surface area contributed by atoms with Crippen molar-refractivity contribution in [1.82, 2.24) is 0 Å². The van der Waals surface area contributed by atoms with Crippen LogP contribution in [0.5, 0.6) is 5.75 Å². The summed E-state index contributed by atoms with van der Waals surface area (Å²) in [6, 6.07) is 169. The molecule has 1 N–H and O–H groups in total. The van der Waals surface area contributed by atoms with Crippen LogP contribution in [0.3, 0.4) is 0 Å². The van der Waals surface area contributed by atoms with Crippen LogP contribution in [0.15, 0.2) is 491 Å². The Balaban J connectivity index is 0.0000000925. The number of rotatable bonds is 6. The molecule has 26 aromatic rings. The molecule has 0 amide bonds. The van der Waals surface area contributed by atoms with Crippen LogP contribution in [0, 0.1) is 0 Å². The number of halogens is 4. The van der Waals surface area contributed by atoms with E-state index in [0.29, 0.717) is 13.4 Å². The smallest absolute Gasteiger partial charge is 0.537 e. The summed E-state index contributed by atoms with van der Waals surface area (Å²) in [7, 11) is 0.675. The lowest BCUT2D eigenvalue weighted by Gasteiger charge is -2.29. The highest BCUT2D eigenvalue weighted by atomic mass is 79.9. The molecule has 0 atom stereocenters. The molecule has 0 saturated carbocycles. The summed E-state index contributed by atoms with van der Waals surface area (Å²) >= 11 is 14.5. The van der Waals surface area contributed by atoms with Crippen molar-refractivity contribution < 1.29 is 9.68 Å². The fraction of sp³-hybridized carbons (Fsp3) is 0. The van der Waals surface area contributed by atoms with Crippen molar-refractivity contribution in [2.45, 2.75) is 0 Å². The maximum absolute atomic E-state index is 8.55. The molecule has 26 aromatic carbocycles. The zero-order valence-electron chi connectivity index (χ0n) is 73.4. The predicted molar refractivity (Wildman–Crippen MR) is 597 cm³/mol. The first-order valence-corrected chi connectivity index (χ1v) is 48.9. The van der Waals surface area contributed by atoms with E-state index in [1.54, 1.807) is 0 Å². The molecule has 1 radical (unpaired) electrons. The van der Waals surface area contributed by atoms with E-state index in [9.17, 15) is 0 Å². The van der Waals surface area contributed by atoms with Gasteiger partial charge in [0.25, 0.3) is 0 Å². The van der Waals surface area contributed by atoms with Gasteiger partial charge in [-0.2, -0.15) is 0 Å². The molecule has 0 bridgehead atoms. The summed E-state index contributed by atoms with van der Waals surface area (Å²) in [5.41, 5.74) is 22.3. The summed E-state index contributed by atoms with van der Waals surface area (Å²) in [6.45, 7) is 0. The lowest BCUT2D eigenvalue weighted by molar-refractivity contribution is 0.452. The van der Waals surface area contributed by atoms with Crippen molar-refractivity contribution in [3.8, 4) is 83.6 Å². The molecular weight excluding hydrogens is 1910 g/mol. The van der Waals surface area contributed by atoms with Gasteiger partial charge in [-0.25, -0.2) is 0 Å². The topological polar surface area (TPSA) is 32.7 Å². The Kier molecular flexibility index (Phi) is 22.0. The summed E-state index contributed by atoms with van der Waals surface area (Å²) < 4.78 is 9.21. The molecule has 3 aliphatic carbocycles. The Morgan fingerprint density at radius 2 is 0.500 bits per heavy atom. The fourth-order valence-electron chi connectivity index (χ4n) is 21.0. The predicted octanol–water partition coefficient (Wildman–Crippen LogP) is 38.3. The molecule has 0 saturated heterocycles. The standard InChI is InChI=1S/C36H23N.C24H13Br.C24H15Br.C24H14.C10H7BBrO2.C10H7Br/c1-3-14-26(15-4-1)37(27-16-5-2-6-17-27)36-30-19-10-9-18-28(30)35-33-23-25-13-8-7-12-24(25)22-32(33)29-20-11-21-31(36)34(29)35;25-24-18-9-4-3-8-16(18)23-21-13-15-7-2-1-6-14(15)12-20(21)17-10-5-11-19(24)22(17)23;25-23-15-17-8-2-1-7-16(17)14-22(23)24-20-11-5-3-9-18(20)13-19-10-4-6-12-21(19)24;1-2-7-16-14-22-21(13-15(16)6-1)20-11-5-9-18-12-17-8-3-4-10-19(17)24(22)23(18)20;12-9-5-7-3-1-2-4-8(7)6-10(9)14-11-13;11-10-6-5-8-3-1-2-4-9(8)7-10/h1-23H;1-13H;1-15H;1-14H;1-6,13H;1-7H. The van der Waals surface area contributed by atoms with Gasteiger partial charge in [0.2, 0.25) is 0 Å². The van der Waals surface area contributed by atoms with Crippen molar-refractivity contribution in [2.24, 2.45) is 0 Å². The van der Waals surface area contributed by atoms with Gasteiger partial charge < -0.3 is 14.6 Å². The minimum Gasteiger partial charge on any atom is -0.537 e. The number of fused-ring (bicyclic) bond motifs is 23. The Hall–Kier alpha value is -15.1.